The van der Waals surface area contributed by atoms with Crippen molar-refractivity contribution < 1.29 is 40.3 Å². The Hall–Kier alpha value is -3.04. The molecule has 2 rings (SSSR count). The lowest BCUT2D eigenvalue weighted by molar-refractivity contribution is -0.120. The molecular weight excluding hydrogens is 516 g/mol. The van der Waals surface area contributed by atoms with E-state index in [0.29, 0.717) is 6.07 Å². The van der Waals surface area contributed by atoms with E-state index in [1.165, 1.54) is 45.4 Å². The molecule has 1 atom stereocenters. The van der Waals surface area contributed by atoms with Crippen molar-refractivity contribution in [3.05, 3.63) is 59.7 Å². The maximum Gasteiger partial charge on any atom is 0.387 e. The fraction of sp³-hybridized carbons (Fsp3) is 0.300. The summed E-state index contributed by atoms with van der Waals surface area (Å²) in [6.45, 7) is -3.04. The molecule has 0 saturated carbocycles. The minimum atomic E-state index is -4.19. The molecule has 15 heteroatoms. The summed E-state index contributed by atoms with van der Waals surface area (Å²) < 4.78 is 82.4. The summed E-state index contributed by atoms with van der Waals surface area (Å²) in [5, 5.41) is 2.19. The van der Waals surface area contributed by atoms with Crippen molar-refractivity contribution in [2.24, 2.45) is 0 Å². The van der Waals surface area contributed by atoms with Crippen LogP contribution in [0.3, 0.4) is 0 Å². The Morgan fingerprint density at radius 1 is 1.00 bits per heavy atom. The Kier molecular flexibility index (Phi) is 10.8. The van der Waals surface area contributed by atoms with Gasteiger partial charge in [-0.3, -0.25) is 4.79 Å². The zero-order chi connectivity index (χ0) is 25.6. The second-order valence-corrected chi connectivity index (χ2v) is 9.05. The first-order valence-corrected chi connectivity index (χ1v) is 11.0. The molecular formula is C20H24F4N4O5S2. The molecule has 35 heavy (non-hydrogen) atoms. The molecule has 0 aliphatic rings. The molecule has 194 valence electrons. The maximum atomic E-state index is 13.6. The maximum absolute atomic E-state index is 13.6. The average molecular weight is 541 g/mol. The lowest BCUT2D eigenvalue weighted by Gasteiger charge is -2.25. The van der Waals surface area contributed by atoms with Gasteiger partial charge in [0, 0.05) is 39.3 Å². The van der Waals surface area contributed by atoms with Gasteiger partial charge in [-0.25, -0.2) is 18.3 Å². The van der Waals surface area contributed by atoms with Crippen molar-refractivity contribution in [1.82, 2.24) is 14.3 Å². The van der Waals surface area contributed by atoms with E-state index in [-0.39, 0.29) is 36.9 Å². The van der Waals surface area contributed by atoms with Crippen molar-refractivity contribution in [2.75, 3.05) is 26.0 Å². The average Bonchev–Trinajstić information content (AvgIpc) is 2.71. The van der Waals surface area contributed by atoms with Crippen LogP contribution in [0, 0.1) is 11.6 Å². The van der Waals surface area contributed by atoms with Crippen molar-refractivity contribution in [3.63, 3.8) is 0 Å². The van der Waals surface area contributed by atoms with Gasteiger partial charge in [-0.2, -0.15) is 35.0 Å². The summed E-state index contributed by atoms with van der Waals surface area (Å²) >= 11 is 0. The fourth-order valence-corrected chi connectivity index (χ4v) is 3.25. The van der Waals surface area contributed by atoms with Gasteiger partial charge in [0.25, 0.3) is 0 Å². The summed E-state index contributed by atoms with van der Waals surface area (Å²) in [5.41, 5.74) is 0.228. The molecule has 0 radical (unpaired) electrons. The van der Waals surface area contributed by atoms with Gasteiger partial charge >= 0.3 is 22.9 Å². The molecule has 0 spiro atoms. The number of alkyl halides is 2. The van der Waals surface area contributed by atoms with Crippen LogP contribution in [0.1, 0.15) is 5.56 Å². The number of rotatable bonds is 9. The Morgan fingerprint density at radius 3 is 2.03 bits per heavy atom. The van der Waals surface area contributed by atoms with Gasteiger partial charge in [-0.1, -0.05) is 0 Å². The van der Waals surface area contributed by atoms with Crippen LogP contribution in [0.4, 0.5) is 28.0 Å². The topological polar surface area (TPSA) is 108 Å². The van der Waals surface area contributed by atoms with Crippen LogP contribution in [0.5, 0.6) is 5.75 Å². The molecule has 0 saturated heterocycles. The highest BCUT2D eigenvalue weighted by Gasteiger charge is 2.28. The number of amides is 3. The molecule has 2 N–H and O–H groups in total. The first kappa shape index (κ1) is 30.0. The largest absolute Gasteiger partial charge is 0.435 e. The quantitative estimate of drug-likeness (QED) is 0.475. The van der Waals surface area contributed by atoms with Gasteiger partial charge < -0.3 is 15.0 Å². The van der Waals surface area contributed by atoms with Crippen LogP contribution >= 0.6 is 13.5 Å². The summed E-state index contributed by atoms with van der Waals surface area (Å²) in [6, 6.07) is 4.79. The normalized spacial score (nSPS) is 12.0. The van der Waals surface area contributed by atoms with Gasteiger partial charge in [-0.05, 0) is 42.0 Å². The number of urea groups is 1. The number of carbonyl (C=O) groups is 2. The minimum Gasteiger partial charge on any atom is -0.435 e. The van der Waals surface area contributed by atoms with E-state index in [0.717, 1.165) is 21.3 Å². The van der Waals surface area contributed by atoms with E-state index < -0.39 is 46.4 Å². The second-order valence-electron chi connectivity index (χ2n) is 7.17. The predicted molar refractivity (Wildman–Crippen MR) is 125 cm³/mol. The highest BCUT2D eigenvalue weighted by Crippen LogP contribution is 2.21. The molecule has 9 nitrogen and oxygen atoms in total. The van der Waals surface area contributed by atoms with Crippen LogP contribution in [-0.4, -0.2) is 58.5 Å². The Balaban J connectivity index is 0.00000612. The minimum absolute atomic E-state index is 0. The zero-order valence-electron chi connectivity index (χ0n) is 18.8. The molecule has 3 amide bonds. The van der Waals surface area contributed by atoms with Gasteiger partial charge in [0.15, 0.2) is 0 Å². The number of benzene rings is 2. The van der Waals surface area contributed by atoms with E-state index in [1.54, 1.807) is 4.72 Å². The number of halogens is 4. The van der Waals surface area contributed by atoms with E-state index in [9.17, 15) is 35.6 Å². The number of likely N-dealkylation sites (N-methyl/N-ethyl adjacent to an activating group) is 1. The standard InChI is InChI=1S/C20H22F4N4O5S.H2S/c1-27(2)34(31,32)26-20(30)25-17(10-12-8-13(21)11-14(22)9-12)18(29)28(3)15-4-6-16(7-5-15)33-19(23)24;/h4-9,11,17,19H,10H2,1-3H3,(H2,25,26,30);1H2/t17-;/m0./s1. The third-order valence-corrected chi connectivity index (χ3v) is 5.85. The van der Waals surface area contributed by atoms with Gasteiger partial charge in [0.1, 0.15) is 23.4 Å². The Bertz CT molecular complexity index is 1110. The van der Waals surface area contributed by atoms with E-state index in [4.69, 9.17) is 0 Å². The van der Waals surface area contributed by atoms with Crippen LogP contribution < -0.4 is 19.7 Å². The smallest absolute Gasteiger partial charge is 0.387 e. The van der Waals surface area contributed by atoms with Crippen LogP contribution in [0.25, 0.3) is 0 Å². The number of hydrogen-bond acceptors (Lipinski definition) is 5. The fourth-order valence-electron chi connectivity index (χ4n) is 2.77. The second kappa shape index (κ2) is 12.6. The van der Waals surface area contributed by atoms with E-state index in [2.05, 4.69) is 10.1 Å². The van der Waals surface area contributed by atoms with Crippen molar-refractivity contribution in [3.8, 4) is 5.75 Å². The summed E-state index contributed by atoms with van der Waals surface area (Å²) in [5.74, 6) is -2.77. The monoisotopic (exact) mass is 540 g/mol. The summed E-state index contributed by atoms with van der Waals surface area (Å²) in [4.78, 5) is 26.4. The van der Waals surface area contributed by atoms with Crippen LogP contribution in [0.15, 0.2) is 42.5 Å². The van der Waals surface area contributed by atoms with Crippen molar-refractivity contribution in [2.45, 2.75) is 19.1 Å². The lowest BCUT2D eigenvalue weighted by Crippen LogP contribution is -2.53. The third-order valence-electron chi connectivity index (χ3n) is 4.45. The van der Waals surface area contributed by atoms with Crippen LogP contribution in [0.2, 0.25) is 0 Å². The molecule has 0 bridgehead atoms. The van der Waals surface area contributed by atoms with Crippen molar-refractivity contribution >= 4 is 41.3 Å². The highest BCUT2D eigenvalue weighted by atomic mass is 32.2. The Labute approximate surface area is 206 Å². The number of hydrogen-bond donors (Lipinski definition) is 2. The number of anilines is 1. The van der Waals surface area contributed by atoms with E-state index in [1.807, 2.05) is 0 Å². The van der Waals surface area contributed by atoms with Crippen molar-refractivity contribution in [1.29, 1.82) is 0 Å². The molecule has 0 heterocycles. The molecule has 0 unspecified atom stereocenters. The molecule has 2 aromatic carbocycles. The molecule has 0 fully saturated rings. The first-order chi connectivity index (χ1) is 15.8. The third kappa shape index (κ3) is 8.92. The molecule has 0 aromatic heterocycles. The summed E-state index contributed by atoms with van der Waals surface area (Å²) in [6.07, 6.45) is -0.389. The zero-order valence-corrected chi connectivity index (χ0v) is 20.6. The SMILES string of the molecule is CN(C(=O)[C@H](Cc1cc(F)cc(F)c1)NC(=O)NS(=O)(=O)N(C)C)c1ccc(OC(F)F)cc1.S. The first-order valence-electron chi connectivity index (χ1n) is 9.56. The number of ether oxygens (including phenoxy) is 1. The van der Waals surface area contributed by atoms with Gasteiger partial charge in [-0.15, -0.1) is 0 Å². The number of nitrogens with one attached hydrogen (secondary N) is 2. The highest BCUT2D eigenvalue weighted by molar-refractivity contribution is 7.87. The molecule has 2 aromatic rings. The molecule has 0 aliphatic heterocycles. The van der Waals surface area contributed by atoms with Crippen LogP contribution in [-0.2, 0) is 21.4 Å². The predicted octanol–water partition coefficient (Wildman–Crippen LogP) is 2.36. The number of carbonyl (C=O) groups excluding carboxylic acids is 2. The van der Waals surface area contributed by atoms with Gasteiger partial charge in [0.2, 0.25) is 5.91 Å². The lowest BCUT2D eigenvalue weighted by atomic mass is 10.0. The van der Waals surface area contributed by atoms with Gasteiger partial charge in [0.05, 0.1) is 0 Å². The summed E-state index contributed by atoms with van der Waals surface area (Å²) in [7, 11) is -0.546. The van der Waals surface area contributed by atoms with E-state index >= 15 is 0 Å². The molecule has 0 aliphatic carbocycles. The Morgan fingerprint density at radius 2 is 1.54 bits per heavy atom. The number of nitrogens with zero attached hydrogens (tertiary/aromatic N) is 2.